The fraction of sp³-hybridized carbons (Fsp3) is 0.208. The summed E-state index contributed by atoms with van der Waals surface area (Å²) in [6, 6.07) is 19.3. The number of ether oxygens (including phenoxy) is 1. The third-order valence-electron chi connectivity index (χ3n) is 5.13. The summed E-state index contributed by atoms with van der Waals surface area (Å²) in [4.78, 5) is 12.7. The lowest BCUT2D eigenvalue weighted by Gasteiger charge is -2.19. The van der Waals surface area contributed by atoms with Crippen molar-refractivity contribution < 1.29 is 17.9 Å². The van der Waals surface area contributed by atoms with Crippen LogP contribution in [0.3, 0.4) is 0 Å². The average molecular weight is 439 g/mol. The van der Waals surface area contributed by atoms with E-state index in [1.807, 2.05) is 62.4 Å². The molecule has 0 atom stereocenters. The van der Waals surface area contributed by atoms with E-state index in [2.05, 4.69) is 5.32 Å². The Hall–Kier alpha value is -3.16. The third kappa shape index (κ3) is 5.13. The summed E-state index contributed by atoms with van der Waals surface area (Å²) in [6.45, 7) is 4.16. The minimum atomic E-state index is -3.89. The first kappa shape index (κ1) is 22.5. The van der Waals surface area contributed by atoms with Crippen molar-refractivity contribution in [3.8, 4) is 5.75 Å². The van der Waals surface area contributed by atoms with Crippen LogP contribution in [-0.4, -0.2) is 32.8 Å². The van der Waals surface area contributed by atoms with Crippen LogP contribution >= 0.6 is 0 Å². The predicted octanol–water partition coefficient (Wildman–Crippen LogP) is 4.39. The number of nitrogens with one attached hydrogen (secondary N) is 1. The minimum absolute atomic E-state index is 0.0545. The normalized spacial score (nSPS) is 11.4. The highest BCUT2D eigenvalue weighted by Gasteiger charge is 2.26. The van der Waals surface area contributed by atoms with E-state index < -0.39 is 15.9 Å². The van der Waals surface area contributed by atoms with E-state index >= 15 is 0 Å². The number of aryl methyl sites for hydroxylation is 2. The number of rotatable bonds is 7. The lowest BCUT2D eigenvalue weighted by Crippen LogP contribution is -2.27. The second-order valence-electron chi connectivity index (χ2n) is 7.37. The first-order valence-electron chi connectivity index (χ1n) is 9.79. The van der Waals surface area contributed by atoms with Crippen LogP contribution < -0.4 is 10.1 Å². The van der Waals surface area contributed by atoms with Gasteiger partial charge in [-0.1, -0.05) is 36.4 Å². The fourth-order valence-corrected chi connectivity index (χ4v) is 4.47. The molecule has 0 radical (unpaired) electrons. The van der Waals surface area contributed by atoms with Crippen molar-refractivity contribution in [3.63, 3.8) is 0 Å². The van der Waals surface area contributed by atoms with Crippen LogP contribution in [0.1, 0.15) is 27.0 Å². The van der Waals surface area contributed by atoms with Crippen LogP contribution in [0.25, 0.3) is 0 Å². The second-order valence-corrected chi connectivity index (χ2v) is 9.38. The van der Waals surface area contributed by atoms with Crippen LogP contribution in [0.15, 0.2) is 71.6 Å². The summed E-state index contributed by atoms with van der Waals surface area (Å²) in [6.07, 6.45) is 0. The van der Waals surface area contributed by atoms with E-state index in [1.54, 1.807) is 6.07 Å². The number of hydrogen-bond donors (Lipinski definition) is 1. The quantitative estimate of drug-likeness (QED) is 0.594. The van der Waals surface area contributed by atoms with Gasteiger partial charge in [0.25, 0.3) is 5.91 Å². The van der Waals surface area contributed by atoms with Crippen LogP contribution in [0.5, 0.6) is 5.75 Å². The molecule has 0 spiro atoms. The van der Waals surface area contributed by atoms with Crippen LogP contribution in [0.4, 0.5) is 5.69 Å². The second kappa shape index (κ2) is 9.32. The van der Waals surface area contributed by atoms with Crippen molar-refractivity contribution in [1.82, 2.24) is 4.31 Å². The lowest BCUT2D eigenvalue weighted by molar-refractivity contribution is 0.102. The minimum Gasteiger partial charge on any atom is -0.495 e. The van der Waals surface area contributed by atoms with Crippen molar-refractivity contribution in [2.24, 2.45) is 0 Å². The highest BCUT2D eigenvalue weighted by atomic mass is 32.2. The molecule has 0 aliphatic carbocycles. The number of amides is 1. The van der Waals surface area contributed by atoms with Gasteiger partial charge < -0.3 is 10.1 Å². The zero-order valence-electron chi connectivity index (χ0n) is 18.0. The smallest absolute Gasteiger partial charge is 0.255 e. The summed E-state index contributed by atoms with van der Waals surface area (Å²) in [5.74, 6) is -0.212. The molecule has 162 valence electrons. The molecule has 31 heavy (non-hydrogen) atoms. The lowest BCUT2D eigenvalue weighted by atomic mass is 10.1. The average Bonchev–Trinajstić information content (AvgIpc) is 2.76. The number of nitrogens with zero attached hydrogens (tertiary/aromatic N) is 1. The van der Waals surface area contributed by atoms with Crippen molar-refractivity contribution in [3.05, 3.63) is 89.0 Å². The number of carbonyl (C=O) groups excluding carboxylic acids is 1. The first-order valence-corrected chi connectivity index (χ1v) is 11.2. The topological polar surface area (TPSA) is 75.7 Å². The summed E-state index contributed by atoms with van der Waals surface area (Å²) in [5, 5.41) is 2.82. The molecule has 0 heterocycles. The van der Waals surface area contributed by atoms with Gasteiger partial charge in [0.05, 0.1) is 7.11 Å². The van der Waals surface area contributed by atoms with Crippen molar-refractivity contribution in [1.29, 1.82) is 0 Å². The van der Waals surface area contributed by atoms with Gasteiger partial charge in [-0.15, -0.1) is 0 Å². The van der Waals surface area contributed by atoms with E-state index in [0.29, 0.717) is 5.69 Å². The number of carbonyl (C=O) groups is 1. The van der Waals surface area contributed by atoms with Crippen LogP contribution in [0.2, 0.25) is 0 Å². The van der Waals surface area contributed by atoms with Crippen molar-refractivity contribution in [2.45, 2.75) is 25.3 Å². The zero-order valence-corrected chi connectivity index (χ0v) is 18.9. The Kier molecular flexibility index (Phi) is 6.77. The van der Waals surface area contributed by atoms with Crippen LogP contribution in [-0.2, 0) is 16.6 Å². The van der Waals surface area contributed by atoms with Gasteiger partial charge in [0.15, 0.2) is 0 Å². The Morgan fingerprint density at radius 2 is 1.68 bits per heavy atom. The Labute approximate surface area is 183 Å². The molecule has 6 nitrogen and oxygen atoms in total. The monoisotopic (exact) mass is 438 g/mol. The molecule has 3 aromatic rings. The summed E-state index contributed by atoms with van der Waals surface area (Å²) in [7, 11) is -0.986. The highest BCUT2D eigenvalue weighted by molar-refractivity contribution is 7.89. The molecule has 7 heteroatoms. The van der Waals surface area contributed by atoms with Crippen LogP contribution in [0, 0.1) is 13.8 Å². The Morgan fingerprint density at radius 3 is 2.32 bits per heavy atom. The van der Waals surface area contributed by atoms with Gasteiger partial charge in [-0.2, -0.15) is 4.31 Å². The van der Waals surface area contributed by atoms with Gasteiger partial charge in [0, 0.05) is 24.8 Å². The van der Waals surface area contributed by atoms with Gasteiger partial charge in [0.1, 0.15) is 10.6 Å². The largest absolute Gasteiger partial charge is 0.495 e. The molecule has 0 fully saturated rings. The fourth-order valence-electron chi connectivity index (χ4n) is 3.14. The Morgan fingerprint density at radius 1 is 0.968 bits per heavy atom. The van der Waals surface area contributed by atoms with E-state index in [9.17, 15) is 13.2 Å². The van der Waals surface area contributed by atoms with Crippen molar-refractivity contribution >= 4 is 21.6 Å². The van der Waals surface area contributed by atoms with Crippen molar-refractivity contribution in [2.75, 3.05) is 19.5 Å². The first-order chi connectivity index (χ1) is 14.7. The van der Waals surface area contributed by atoms with Gasteiger partial charge >= 0.3 is 0 Å². The molecule has 0 unspecified atom stereocenters. The molecule has 1 N–H and O–H groups in total. The standard InChI is InChI=1S/C24H26N2O4S/c1-17-10-12-21(14-18(17)2)25-24(27)20-11-13-22(30-4)23(15-20)31(28,29)26(3)16-19-8-6-5-7-9-19/h5-15H,16H2,1-4H3,(H,25,27). The molecule has 1 amide bonds. The maximum atomic E-state index is 13.2. The zero-order chi connectivity index (χ0) is 22.6. The summed E-state index contributed by atoms with van der Waals surface area (Å²) in [5.41, 5.74) is 3.91. The molecular weight excluding hydrogens is 412 g/mol. The molecule has 0 saturated heterocycles. The highest BCUT2D eigenvalue weighted by Crippen LogP contribution is 2.28. The molecule has 0 saturated carbocycles. The third-order valence-corrected chi connectivity index (χ3v) is 6.95. The van der Waals surface area contributed by atoms with E-state index in [1.165, 1.54) is 30.6 Å². The number of sulfonamides is 1. The van der Waals surface area contributed by atoms with E-state index in [0.717, 1.165) is 16.7 Å². The number of benzene rings is 3. The molecule has 0 aliphatic rings. The maximum absolute atomic E-state index is 13.2. The molecular formula is C24H26N2O4S. The number of hydrogen-bond acceptors (Lipinski definition) is 4. The summed E-state index contributed by atoms with van der Waals surface area (Å²) < 4.78 is 33.0. The van der Waals surface area contributed by atoms with E-state index in [-0.39, 0.29) is 22.8 Å². The Balaban J connectivity index is 1.90. The maximum Gasteiger partial charge on any atom is 0.255 e. The Bertz CT molecular complexity index is 1190. The van der Waals surface area contributed by atoms with Gasteiger partial charge in [-0.3, -0.25) is 4.79 Å². The van der Waals surface area contributed by atoms with Gasteiger partial charge in [0.2, 0.25) is 10.0 Å². The SMILES string of the molecule is COc1ccc(C(=O)Nc2ccc(C)c(C)c2)cc1S(=O)(=O)N(C)Cc1ccccc1. The number of anilines is 1. The van der Waals surface area contributed by atoms with Gasteiger partial charge in [-0.05, 0) is 60.9 Å². The summed E-state index contributed by atoms with van der Waals surface area (Å²) >= 11 is 0. The number of methoxy groups -OCH3 is 1. The molecule has 0 aromatic heterocycles. The predicted molar refractivity (Wildman–Crippen MR) is 122 cm³/mol. The molecule has 0 bridgehead atoms. The van der Waals surface area contributed by atoms with Gasteiger partial charge in [-0.25, -0.2) is 8.42 Å². The molecule has 3 rings (SSSR count). The molecule has 0 aliphatic heterocycles. The molecule has 3 aromatic carbocycles. The van der Waals surface area contributed by atoms with E-state index in [4.69, 9.17) is 4.74 Å².